The van der Waals surface area contributed by atoms with E-state index in [0.29, 0.717) is 11.8 Å². The second kappa shape index (κ2) is 4.49. The fourth-order valence-electron chi connectivity index (χ4n) is 3.24. The van der Waals surface area contributed by atoms with E-state index in [1.165, 1.54) is 12.0 Å². The van der Waals surface area contributed by atoms with E-state index in [-0.39, 0.29) is 0 Å². The Morgan fingerprint density at radius 2 is 2.06 bits per heavy atom. The number of hydrogen-bond acceptors (Lipinski definition) is 3. The second-order valence-corrected chi connectivity index (χ2v) is 5.18. The van der Waals surface area contributed by atoms with Crippen LogP contribution in [-0.4, -0.2) is 28.9 Å². The minimum Gasteiger partial charge on any atom is -0.411 e. The lowest BCUT2D eigenvalue weighted by atomic mass is 10.00. The summed E-state index contributed by atoms with van der Waals surface area (Å²) in [4.78, 5) is 2.48. The zero-order chi connectivity index (χ0) is 11.7. The maximum Gasteiger partial charge on any atom is 0.0617 e. The zero-order valence-corrected chi connectivity index (χ0v) is 9.92. The first kappa shape index (κ1) is 10.8. The molecule has 3 nitrogen and oxygen atoms in total. The van der Waals surface area contributed by atoms with Crippen LogP contribution < -0.4 is 0 Å². The van der Waals surface area contributed by atoms with Crippen molar-refractivity contribution in [3.05, 3.63) is 35.9 Å². The SMILES string of the molecule is ON=C1CCC2CN(Cc3ccccc3)CC12. The number of oxime groups is 1. The molecule has 1 saturated heterocycles. The van der Waals surface area contributed by atoms with Gasteiger partial charge in [0.15, 0.2) is 0 Å². The molecule has 1 aromatic rings. The Balaban J connectivity index is 1.66. The summed E-state index contributed by atoms with van der Waals surface area (Å²) in [6.07, 6.45) is 2.18. The Morgan fingerprint density at radius 1 is 1.24 bits per heavy atom. The van der Waals surface area contributed by atoms with E-state index in [1.54, 1.807) is 0 Å². The fraction of sp³-hybridized carbons (Fsp3) is 0.500. The molecule has 0 radical (unpaired) electrons. The first-order valence-electron chi connectivity index (χ1n) is 6.34. The molecular formula is C14H18N2O. The van der Waals surface area contributed by atoms with Crippen LogP contribution in [0, 0.1) is 11.8 Å². The van der Waals surface area contributed by atoms with Crippen LogP contribution in [0.2, 0.25) is 0 Å². The van der Waals surface area contributed by atoms with E-state index in [4.69, 9.17) is 5.21 Å². The van der Waals surface area contributed by atoms with Crippen LogP contribution in [0.5, 0.6) is 0 Å². The highest BCUT2D eigenvalue weighted by molar-refractivity contribution is 5.89. The van der Waals surface area contributed by atoms with Gasteiger partial charge < -0.3 is 5.21 Å². The third-order valence-electron chi connectivity index (χ3n) is 4.09. The highest BCUT2D eigenvalue weighted by Gasteiger charge is 2.40. The summed E-state index contributed by atoms with van der Waals surface area (Å²) in [5.74, 6) is 1.22. The van der Waals surface area contributed by atoms with Crippen molar-refractivity contribution < 1.29 is 5.21 Å². The van der Waals surface area contributed by atoms with Crippen molar-refractivity contribution in [3.8, 4) is 0 Å². The molecule has 0 amide bonds. The normalized spacial score (nSPS) is 30.9. The van der Waals surface area contributed by atoms with Crippen molar-refractivity contribution in [1.29, 1.82) is 0 Å². The molecule has 1 aromatic carbocycles. The molecule has 0 spiro atoms. The van der Waals surface area contributed by atoms with Crippen molar-refractivity contribution in [3.63, 3.8) is 0 Å². The van der Waals surface area contributed by atoms with Crippen LogP contribution in [-0.2, 0) is 6.54 Å². The topological polar surface area (TPSA) is 35.8 Å². The van der Waals surface area contributed by atoms with Gasteiger partial charge in [0, 0.05) is 25.6 Å². The van der Waals surface area contributed by atoms with E-state index in [1.807, 2.05) is 0 Å². The van der Waals surface area contributed by atoms with E-state index < -0.39 is 0 Å². The number of benzene rings is 1. The molecule has 2 aliphatic rings. The van der Waals surface area contributed by atoms with Crippen molar-refractivity contribution in [1.82, 2.24) is 4.90 Å². The summed E-state index contributed by atoms with van der Waals surface area (Å²) in [6, 6.07) is 10.6. The molecule has 1 saturated carbocycles. The van der Waals surface area contributed by atoms with E-state index in [2.05, 4.69) is 40.4 Å². The second-order valence-electron chi connectivity index (χ2n) is 5.18. The van der Waals surface area contributed by atoms with Gasteiger partial charge in [-0.2, -0.15) is 0 Å². The van der Waals surface area contributed by atoms with Gasteiger partial charge in [0.05, 0.1) is 5.71 Å². The van der Waals surface area contributed by atoms with Crippen LogP contribution in [0.4, 0.5) is 0 Å². The molecule has 1 N–H and O–H groups in total. The first-order valence-corrected chi connectivity index (χ1v) is 6.34. The maximum atomic E-state index is 8.96. The molecule has 1 aliphatic heterocycles. The van der Waals surface area contributed by atoms with Gasteiger partial charge in [-0.25, -0.2) is 0 Å². The number of fused-ring (bicyclic) bond motifs is 1. The minimum absolute atomic E-state index is 0.503. The molecule has 3 heteroatoms. The van der Waals surface area contributed by atoms with Crippen LogP contribution in [0.1, 0.15) is 18.4 Å². The molecule has 2 atom stereocenters. The van der Waals surface area contributed by atoms with Crippen molar-refractivity contribution in [2.45, 2.75) is 19.4 Å². The Bertz CT molecular complexity index is 415. The lowest BCUT2D eigenvalue weighted by Crippen LogP contribution is -2.22. The van der Waals surface area contributed by atoms with Gasteiger partial charge in [-0.3, -0.25) is 4.90 Å². The average molecular weight is 230 g/mol. The van der Waals surface area contributed by atoms with Crippen molar-refractivity contribution in [2.75, 3.05) is 13.1 Å². The molecule has 1 heterocycles. The Morgan fingerprint density at radius 3 is 2.82 bits per heavy atom. The monoisotopic (exact) mass is 230 g/mol. The van der Waals surface area contributed by atoms with Crippen LogP contribution in [0.3, 0.4) is 0 Å². The van der Waals surface area contributed by atoms with Gasteiger partial charge in [-0.15, -0.1) is 0 Å². The number of nitrogens with zero attached hydrogens (tertiary/aromatic N) is 2. The third kappa shape index (κ3) is 2.07. The fourth-order valence-corrected chi connectivity index (χ4v) is 3.24. The van der Waals surface area contributed by atoms with Gasteiger partial charge in [0.2, 0.25) is 0 Å². The summed E-state index contributed by atoms with van der Waals surface area (Å²) in [6.45, 7) is 3.23. The minimum atomic E-state index is 0.503. The number of rotatable bonds is 2. The Kier molecular flexibility index (Phi) is 2.85. The number of likely N-dealkylation sites (tertiary alicyclic amines) is 1. The molecule has 0 bridgehead atoms. The molecule has 90 valence electrons. The summed E-state index contributed by atoms with van der Waals surface area (Å²) in [5.41, 5.74) is 2.39. The predicted molar refractivity (Wildman–Crippen MR) is 67.2 cm³/mol. The van der Waals surface area contributed by atoms with E-state index in [0.717, 1.165) is 31.8 Å². The van der Waals surface area contributed by atoms with Gasteiger partial charge >= 0.3 is 0 Å². The third-order valence-corrected chi connectivity index (χ3v) is 4.09. The largest absolute Gasteiger partial charge is 0.411 e. The Hall–Kier alpha value is -1.35. The molecule has 0 aromatic heterocycles. The van der Waals surface area contributed by atoms with Crippen LogP contribution in [0.15, 0.2) is 35.5 Å². The van der Waals surface area contributed by atoms with Gasteiger partial charge in [-0.1, -0.05) is 35.5 Å². The highest BCUT2D eigenvalue weighted by atomic mass is 16.4. The molecule has 3 rings (SSSR count). The average Bonchev–Trinajstić information content (AvgIpc) is 2.89. The van der Waals surface area contributed by atoms with E-state index in [9.17, 15) is 0 Å². The molecule has 17 heavy (non-hydrogen) atoms. The van der Waals surface area contributed by atoms with Gasteiger partial charge in [0.1, 0.15) is 0 Å². The lowest BCUT2D eigenvalue weighted by Gasteiger charge is -2.16. The summed E-state index contributed by atoms with van der Waals surface area (Å²) >= 11 is 0. The standard InChI is InChI=1S/C14H18N2O/c17-15-14-7-6-12-9-16(10-13(12)14)8-11-4-2-1-3-5-11/h1-5,12-13,17H,6-10H2. The van der Waals surface area contributed by atoms with Crippen molar-refractivity contribution in [2.24, 2.45) is 17.0 Å². The van der Waals surface area contributed by atoms with Gasteiger partial charge in [-0.05, 0) is 24.3 Å². The van der Waals surface area contributed by atoms with Crippen molar-refractivity contribution >= 4 is 5.71 Å². The van der Waals surface area contributed by atoms with Crippen LogP contribution >= 0.6 is 0 Å². The lowest BCUT2D eigenvalue weighted by molar-refractivity contribution is 0.304. The smallest absolute Gasteiger partial charge is 0.0617 e. The molecule has 2 fully saturated rings. The summed E-state index contributed by atoms with van der Waals surface area (Å²) < 4.78 is 0. The van der Waals surface area contributed by atoms with Gasteiger partial charge in [0.25, 0.3) is 0 Å². The number of hydrogen-bond donors (Lipinski definition) is 1. The molecule has 1 aliphatic carbocycles. The Labute approximate surface area is 102 Å². The summed E-state index contributed by atoms with van der Waals surface area (Å²) in [5, 5.41) is 12.4. The molecular weight excluding hydrogens is 212 g/mol. The predicted octanol–water partition coefficient (Wildman–Crippen LogP) is 2.36. The zero-order valence-electron chi connectivity index (χ0n) is 9.92. The van der Waals surface area contributed by atoms with E-state index >= 15 is 0 Å². The van der Waals surface area contributed by atoms with Crippen LogP contribution in [0.25, 0.3) is 0 Å². The molecule has 2 unspecified atom stereocenters. The first-order chi connectivity index (χ1) is 8.36. The maximum absolute atomic E-state index is 8.96. The summed E-state index contributed by atoms with van der Waals surface area (Å²) in [7, 11) is 0. The highest BCUT2D eigenvalue weighted by Crippen LogP contribution is 2.36. The quantitative estimate of drug-likeness (QED) is 0.625.